The zero-order chi connectivity index (χ0) is 13.6. The van der Waals surface area contributed by atoms with Crippen LogP contribution in [0.5, 0.6) is 0 Å². The van der Waals surface area contributed by atoms with Gasteiger partial charge in [0.1, 0.15) is 0 Å². The minimum absolute atomic E-state index is 0.802. The summed E-state index contributed by atoms with van der Waals surface area (Å²) in [6.07, 6.45) is 9.38. The number of pyridine rings is 2. The molecule has 4 heteroatoms. The first kappa shape index (κ1) is 12.6. The van der Waals surface area contributed by atoms with E-state index in [9.17, 15) is 0 Å². The predicted octanol–water partition coefficient (Wildman–Crippen LogP) is 2.56. The molecule has 0 amide bonds. The molecule has 0 unspecified atom stereocenters. The largest absolute Gasteiger partial charge is 0.318 e. The minimum atomic E-state index is 0.802. The quantitative estimate of drug-likeness (QED) is 0.770. The van der Waals surface area contributed by atoms with Crippen molar-refractivity contribution in [3.8, 4) is 5.69 Å². The van der Waals surface area contributed by atoms with Crippen LogP contribution in [0.3, 0.4) is 0 Å². The van der Waals surface area contributed by atoms with Crippen molar-refractivity contribution in [1.29, 1.82) is 0 Å². The van der Waals surface area contributed by atoms with Crippen molar-refractivity contribution in [3.63, 3.8) is 0 Å². The highest BCUT2D eigenvalue weighted by Gasteiger charge is 2.02. The molecule has 4 nitrogen and oxygen atoms in total. The third kappa shape index (κ3) is 2.92. The fourth-order valence-electron chi connectivity index (χ4n) is 2.15. The van der Waals surface area contributed by atoms with E-state index in [1.165, 1.54) is 11.3 Å². The Morgan fingerprint density at radius 2 is 1.75 bits per heavy atom. The molecule has 3 aromatic rings. The van der Waals surface area contributed by atoms with Gasteiger partial charge in [-0.05, 0) is 35.9 Å². The van der Waals surface area contributed by atoms with E-state index in [2.05, 4.69) is 44.2 Å². The van der Waals surface area contributed by atoms with Gasteiger partial charge in [0, 0.05) is 43.6 Å². The topological polar surface area (TPSA) is 42.7 Å². The lowest BCUT2D eigenvalue weighted by atomic mass is 10.3. The molecule has 3 heterocycles. The Bertz CT molecular complexity index is 647. The summed E-state index contributed by atoms with van der Waals surface area (Å²) in [5.41, 5.74) is 3.48. The standard InChI is InChI=1S/C16H16N4/c1-4-14(10-17-7-1)11-19-13-16-6-3-9-20(16)15-5-2-8-18-12-15/h1-10,12,19H,11,13H2. The highest BCUT2D eigenvalue weighted by molar-refractivity contribution is 5.32. The molecule has 0 bridgehead atoms. The number of hydrogen-bond acceptors (Lipinski definition) is 3. The predicted molar refractivity (Wildman–Crippen MR) is 78.3 cm³/mol. The summed E-state index contributed by atoms with van der Waals surface area (Å²) in [4.78, 5) is 8.27. The first-order chi connectivity index (χ1) is 9.93. The lowest BCUT2D eigenvalue weighted by Crippen LogP contribution is -2.15. The second-order valence-electron chi connectivity index (χ2n) is 4.55. The lowest BCUT2D eigenvalue weighted by Gasteiger charge is -2.10. The maximum absolute atomic E-state index is 4.16. The van der Waals surface area contributed by atoms with Crippen LogP contribution < -0.4 is 5.32 Å². The third-order valence-electron chi connectivity index (χ3n) is 3.12. The summed E-state index contributed by atoms with van der Waals surface area (Å²) < 4.78 is 2.14. The van der Waals surface area contributed by atoms with E-state index < -0.39 is 0 Å². The number of nitrogens with zero attached hydrogens (tertiary/aromatic N) is 3. The fraction of sp³-hybridized carbons (Fsp3) is 0.125. The summed E-state index contributed by atoms with van der Waals surface area (Å²) in [6, 6.07) is 12.2. The van der Waals surface area contributed by atoms with Crippen LogP contribution in [0, 0.1) is 0 Å². The van der Waals surface area contributed by atoms with Crippen molar-refractivity contribution in [1.82, 2.24) is 19.9 Å². The van der Waals surface area contributed by atoms with Gasteiger partial charge in [0.25, 0.3) is 0 Å². The normalized spacial score (nSPS) is 10.6. The van der Waals surface area contributed by atoms with Gasteiger partial charge in [0.2, 0.25) is 0 Å². The molecule has 0 aromatic carbocycles. The van der Waals surface area contributed by atoms with Crippen molar-refractivity contribution in [2.75, 3.05) is 0 Å². The molecule has 0 aliphatic heterocycles. The molecule has 0 saturated heterocycles. The molecular formula is C16H16N4. The molecule has 0 radical (unpaired) electrons. The Morgan fingerprint density at radius 1 is 0.900 bits per heavy atom. The highest BCUT2D eigenvalue weighted by Crippen LogP contribution is 2.11. The molecule has 1 N–H and O–H groups in total. The number of aromatic nitrogens is 3. The minimum Gasteiger partial charge on any atom is -0.318 e. The van der Waals surface area contributed by atoms with Gasteiger partial charge < -0.3 is 9.88 Å². The van der Waals surface area contributed by atoms with Crippen LogP contribution in [0.25, 0.3) is 5.69 Å². The maximum atomic E-state index is 4.16. The highest BCUT2D eigenvalue weighted by atomic mass is 15.0. The Balaban J connectivity index is 1.66. The van der Waals surface area contributed by atoms with Crippen molar-refractivity contribution >= 4 is 0 Å². The zero-order valence-corrected chi connectivity index (χ0v) is 11.1. The Hall–Kier alpha value is -2.46. The molecule has 0 saturated carbocycles. The summed E-state index contributed by atoms with van der Waals surface area (Å²) in [5, 5.41) is 3.43. The second kappa shape index (κ2) is 6.12. The van der Waals surface area contributed by atoms with Gasteiger partial charge in [0.15, 0.2) is 0 Å². The van der Waals surface area contributed by atoms with E-state index in [1.54, 1.807) is 12.4 Å². The van der Waals surface area contributed by atoms with Gasteiger partial charge in [0.05, 0.1) is 11.9 Å². The van der Waals surface area contributed by atoms with Crippen LogP contribution in [0.4, 0.5) is 0 Å². The summed E-state index contributed by atoms with van der Waals surface area (Å²) in [5.74, 6) is 0. The van der Waals surface area contributed by atoms with Crippen molar-refractivity contribution in [2.24, 2.45) is 0 Å². The SMILES string of the molecule is c1cncc(CNCc2cccn2-c2cccnc2)c1. The smallest absolute Gasteiger partial charge is 0.0636 e. The first-order valence-corrected chi connectivity index (χ1v) is 6.60. The van der Waals surface area contributed by atoms with Crippen molar-refractivity contribution in [3.05, 3.63) is 78.6 Å². The Labute approximate surface area is 118 Å². The van der Waals surface area contributed by atoms with Crippen LogP contribution in [0.2, 0.25) is 0 Å². The molecule has 20 heavy (non-hydrogen) atoms. The van der Waals surface area contributed by atoms with Crippen molar-refractivity contribution in [2.45, 2.75) is 13.1 Å². The first-order valence-electron chi connectivity index (χ1n) is 6.60. The average Bonchev–Trinajstić information content (AvgIpc) is 2.98. The van der Waals surface area contributed by atoms with Gasteiger partial charge >= 0.3 is 0 Å². The number of nitrogens with one attached hydrogen (secondary N) is 1. The maximum Gasteiger partial charge on any atom is 0.0636 e. The van der Waals surface area contributed by atoms with Gasteiger partial charge in [-0.1, -0.05) is 6.07 Å². The van der Waals surface area contributed by atoms with Gasteiger partial charge in [-0.25, -0.2) is 0 Å². The summed E-state index contributed by atoms with van der Waals surface area (Å²) >= 11 is 0. The van der Waals surface area contributed by atoms with E-state index in [-0.39, 0.29) is 0 Å². The average molecular weight is 264 g/mol. The molecule has 0 fully saturated rings. The monoisotopic (exact) mass is 264 g/mol. The van der Waals surface area contributed by atoms with Crippen LogP contribution in [0.1, 0.15) is 11.3 Å². The Morgan fingerprint density at radius 3 is 2.50 bits per heavy atom. The molecule has 0 atom stereocenters. The molecule has 100 valence electrons. The fourth-order valence-corrected chi connectivity index (χ4v) is 2.15. The summed E-state index contributed by atoms with van der Waals surface area (Å²) in [6.45, 7) is 1.61. The van der Waals surface area contributed by atoms with E-state index in [0.29, 0.717) is 0 Å². The van der Waals surface area contributed by atoms with Crippen LogP contribution in [-0.4, -0.2) is 14.5 Å². The van der Waals surface area contributed by atoms with Crippen molar-refractivity contribution < 1.29 is 0 Å². The molecular weight excluding hydrogens is 248 g/mol. The molecule has 0 aliphatic rings. The number of rotatable bonds is 5. The van der Waals surface area contributed by atoms with E-state index in [1.807, 2.05) is 30.6 Å². The molecule has 0 aliphatic carbocycles. The van der Waals surface area contributed by atoms with Crippen LogP contribution >= 0.6 is 0 Å². The summed E-state index contributed by atoms with van der Waals surface area (Å²) in [7, 11) is 0. The second-order valence-corrected chi connectivity index (χ2v) is 4.55. The van der Waals surface area contributed by atoms with E-state index in [0.717, 1.165) is 18.8 Å². The third-order valence-corrected chi connectivity index (χ3v) is 3.12. The van der Waals surface area contributed by atoms with E-state index in [4.69, 9.17) is 0 Å². The van der Waals surface area contributed by atoms with E-state index >= 15 is 0 Å². The Kier molecular flexibility index (Phi) is 3.85. The zero-order valence-electron chi connectivity index (χ0n) is 11.1. The van der Waals surface area contributed by atoms with Crippen LogP contribution in [-0.2, 0) is 13.1 Å². The van der Waals surface area contributed by atoms with Crippen LogP contribution in [0.15, 0.2) is 67.4 Å². The lowest BCUT2D eigenvalue weighted by molar-refractivity contribution is 0.668. The molecule has 3 rings (SSSR count). The van der Waals surface area contributed by atoms with Gasteiger partial charge in [-0.15, -0.1) is 0 Å². The van der Waals surface area contributed by atoms with Gasteiger partial charge in [-0.2, -0.15) is 0 Å². The molecule has 0 spiro atoms. The van der Waals surface area contributed by atoms with Gasteiger partial charge in [-0.3, -0.25) is 9.97 Å². The number of hydrogen-bond donors (Lipinski definition) is 1. The molecule has 3 aromatic heterocycles.